The van der Waals surface area contributed by atoms with E-state index in [-0.39, 0.29) is 0 Å². The predicted molar refractivity (Wildman–Crippen MR) is 85.3 cm³/mol. The van der Waals surface area contributed by atoms with Crippen LogP contribution in [0.3, 0.4) is 0 Å². The molecule has 0 amide bonds. The third-order valence-electron chi connectivity index (χ3n) is 3.00. The highest BCUT2D eigenvalue weighted by Crippen LogP contribution is 2.23. The monoisotopic (exact) mass is 284 g/mol. The molecule has 0 aliphatic heterocycles. The Morgan fingerprint density at radius 2 is 1.60 bits per heavy atom. The van der Waals surface area contributed by atoms with Gasteiger partial charge in [0, 0.05) is 11.7 Å². The van der Waals surface area contributed by atoms with Gasteiger partial charge in [-0.1, -0.05) is 18.2 Å². The number of rotatable bonds is 4. The standard InChI is InChI=1S/C16H16N2OS/c20-16(17-12-6-7-12)18-13-8-10-15(11-9-13)19-14-4-2-1-3-5-14/h1-5,8-12H,6-7H2,(H2,17,18,20). The first kappa shape index (κ1) is 12.9. The number of ether oxygens (including phenoxy) is 1. The van der Waals surface area contributed by atoms with Crippen molar-refractivity contribution in [3.8, 4) is 11.5 Å². The Morgan fingerprint density at radius 3 is 2.25 bits per heavy atom. The maximum absolute atomic E-state index is 5.74. The van der Waals surface area contributed by atoms with E-state index in [1.165, 1.54) is 12.8 Å². The fraction of sp³-hybridized carbons (Fsp3) is 0.188. The Balaban J connectivity index is 1.57. The molecule has 2 N–H and O–H groups in total. The molecule has 0 atom stereocenters. The number of thiocarbonyl (C=S) groups is 1. The lowest BCUT2D eigenvalue weighted by Gasteiger charge is -2.10. The summed E-state index contributed by atoms with van der Waals surface area (Å²) in [6.45, 7) is 0. The van der Waals surface area contributed by atoms with Gasteiger partial charge >= 0.3 is 0 Å². The van der Waals surface area contributed by atoms with E-state index < -0.39 is 0 Å². The van der Waals surface area contributed by atoms with Crippen LogP contribution in [0.25, 0.3) is 0 Å². The molecule has 3 nitrogen and oxygen atoms in total. The van der Waals surface area contributed by atoms with Crippen LogP contribution in [0.5, 0.6) is 11.5 Å². The quantitative estimate of drug-likeness (QED) is 0.834. The summed E-state index contributed by atoms with van der Waals surface area (Å²) in [7, 11) is 0. The van der Waals surface area contributed by atoms with Gasteiger partial charge in [-0.2, -0.15) is 0 Å². The van der Waals surface area contributed by atoms with Gasteiger partial charge in [-0.05, 0) is 61.5 Å². The molecule has 1 fully saturated rings. The summed E-state index contributed by atoms with van der Waals surface area (Å²) >= 11 is 5.24. The fourth-order valence-electron chi connectivity index (χ4n) is 1.81. The zero-order valence-electron chi connectivity index (χ0n) is 11.0. The van der Waals surface area contributed by atoms with E-state index in [1.807, 2.05) is 54.6 Å². The highest BCUT2D eigenvalue weighted by molar-refractivity contribution is 7.80. The van der Waals surface area contributed by atoms with Crippen LogP contribution in [-0.4, -0.2) is 11.2 Å². The lowest BCUT2D eigenvalue weighted by molar-refractivity contribution is 0.483. The third-order valence-corrected chi connectivity index (χ3v) is 3.22. The van der Waals surface area contributed by atoms with Crippen molar-refractivity contribution >= 4 is 23.0 Å². The molecule has 4 heteroatoms. The number of nitrogens with one attached hydrogen (secondary N) is 2. The summed E-state index contributed by atoms with van der Waals surface area (Å²) in [4.78, 5) is 0. The number of hydrogen-bond acceptors (Lipinski definition) is 2. The van der Waals surface area contributed by atoms with Crippen LogP contribution >= 0.6 is 12.2 Å². The number of hydrogen-bond donors (Lipinski definition) is 2. The molecule has 1 aliphatic carbocycles. The molecule has 2 aromatic rings. The molecule has 20 heavy (non-hydrogen) atoms. The highest BCUT2D eigenvalue weighted by atomic mass is 32.1. The topological polar surface area (TPSA) is 33.3 Å². The van der Waals surface area contributed by atoms with E-state index in [9.17, 15) is 0 Å². The van der Waals surface area contributed by atoms with Crippen LogP contribution in [0.2, 0.25) is 0 Å². The Labute approximate surface area is 124 Å². The van der Waals surface area contributed by atoms with E-state index in [0.29, 0.717) is 11.2 Å². The SMILES string of the molecule is S=C(Nc1ccc(Oc2ccccc2)cc1)NC1CC1. The van der Waals surface area contributed by atoms with Gasteiger partial charge in [0.15, 0.2) is 5.11 Å². The van der Waals surface area contributed by atoms with Crippen molar-refractivity contribution in [1.29, 1.82) is 0 Å². The first-order valence-electron chi connectivity index (χ1n) is 6.70. The van der Waals surface area contributed by atoms with Gasteiger partial charge in [0.25, 0.3) is 0 Å². The van der Waals surface area contributed by atoms with Crippen molar-refractivity contribution in [2.75, 3.05) is 5.32 Å². The molecule has 0 saturated heterocycles. The molecule has 0 aromatic heterocycles. The second-order valence-electron chi connectivity index (χ2n) is 4.81. The van der Waals surface area contributed by atoms with Gasteiger partial charge in [0.1, 0.15) is 11.5 Å². The van der Waals surface area contributed by atoms with Crippen LogP contribution in [0.1, 0.15) is 12.8 Å². The molecule has 1 saturated carbocycles. The van der Waals surface area contributed by atoms with E-state index in [2.05, 4.69) is 10.6 Å². The Morgan fingerprint density at radius 1 is 0.950 bits per heavy atom. The number of anilines is 1. The molecule has 102 valence electrons. The van der Waals surface area contributed by atoms with E-state index >= 15 is 0 Å². The molecule has 0 radical (unpaired) electrons. The van der Waals surface area contributed by atoms with Crippen molar-refractivity contribution in [3.63, 3.8) is 0 Å². The molecule has 0 unspecified atom stereocenters. The van der Waals surface area contributed by atoms with Crippen molar-refractivity contribution < 1.29 is 4.74 Å². The molecule has 0 bridgehead atoms. The normalized spacial score (nSPS) is 13.6. The molecular formula is C16H16N2OS. The highest BCUT2D eigenvalue weighted by Gasteiger charge is 2.21. The maximum atomic E-state index is 5.74. The van der Waals surface area contributed by atoms with Gasteiger partial charge in [0.2, 0.25) is 0 Å². The predicted octanol–water partition coefficient (Wildman–Crippen LogP) is 3.93. The van der Waals surface area contributed by atoms with Gasteiger partial charge < -0.3 is 15.4 Å². The minimum Gasteiger partial charge on any atom is -0.457 e. The largest absolute Gasteiger partial charge is 0.457 e. The third kappa shape index (κ3) is 3.71. The second-order valence-corrected chi connectivity index (χ2v) is 5.22. The molecule has 1 aliphatic rings. The first-order valence-corrected chi connectivity index (χ1v) is 7.11. The lowest BCUT2D eigenvalue weighted by Crippen LogP contribution is -2.30. The average Bonchev–Trinajstić information content (AvgIpc) is 3.26. The average molecular weight is 284 g/mol. The van der Waals surface area contributed by atoms with E-state index in [0.717, 1.165) is 17.2 Å². The number of para-hydroxylation sites is 1. The minimum atomic E-state index is 0.565. The molecule has 3 rings (SSSR count). The summed E-state index contributed by atoms with van der Waals surface area (Å²) < 4.78 is 5.74. The van der Waals surface area contributed by atoms with Crippen LogP contribution in [0.4, 0.5) is 5.69 Å². The van der Waals surface area contributed by atoms with Gasteiger partial charge in [0.05, 0.1) is 0 Å². The van der Waals surface area contributed by atoms with Crippen LogP contribution in [0, 0.1) is 0 Å². The van der Waals surface area contributed by atoms with Crippen molar-refractivity contribution in [2.24, 2.45) is 0 Å². The van der Waals surface area contributed by atoms with Crippen molar-refractivity contribution in [2.45, 2.75) is 18.9 Å². The van der Waals surface area contributed by atoms with Crippen LogP contribution in [-0.2, 0) is 0 Å². The summed E-state index contributed by atoms with van der Waals surface area (Å²) in [6, 6.07) is 18.1. The Kier molecular flexibility index (Phi) is 3.83. The maximum Gasteiger partial charge on any atom is 0.170 e. The molecule has 0 spiro atoms. The number of benzene rings is 2. The Hall–Kier alpha value is -2.07. The smallest absolute Gasteiger partial charge is 0.170 e. The van der Waals surface area contributed by atoms with Gasteiger partial charge in [-0.3, -0.25) is 0 Å². The lowest BCUT2D eigenvalue weighted by atomic mass is 10.3. The molecule has 2 aromatic carbocycles. The van der Waals surface area contributed by atoms with Gasteiger partial charge in [-0.15, -0.1) is 0 Å². The fourth-order valence-corrected chi connectivity index (χ4v) is 2.10. The van der Waals surface area contributed by atoms with Gasteiger partial charge in [-0.25, -0.2) is 0 Å². The van der Waals surface area contributed by atoms with Crippen molar-refractivity contribution in [3.05, 3.63) is 54.6 Å². The van der Waals surface area contributed by atoms with E-state index in [1.54, 1.807) is 0 Å². The molecule has 0 heterocycles. The second kappa shape index (κ2) is 5.92. The zero-order chi connectivity index (χ0) is 13.8. The molecular weight excluding hydrogens is 268 g/mol. The van der Waals surface area contributed by atoms with E-state index in [4.69, 9.17) is 17.0 Å². The summed E-state index contributed by atoms with van der Waals surface area (Å²) in [5.74, 6) is 1.64. The first-order chi connectivity index (χ1) is 9.79. The van der Waals surface area contributed by atoms with Crippen LogP contribution < -0.4 is 15.4 Å². The minimum absolute atomic E-state index is 0.565. The van der Waals surface area contributed by atoms with Crippen molar-refractivity contribution in [1.82, 2.24) is 5.32 Å². The van der Waals surface area contributed by atoms with Crippen LogP contribution in [0.15, 0.2) is 54.6 Å². The summed E-state index contributed by atoms with van der Waals surface area (Å²) in [5.41, 5.74) is 0.962. The zero-order valence-corrected chi connectivity index (χ0v) is 11.8. The summed E-state index contributed by atoms with van der Waals surface area (Å²) in [5, 5.41) is 7.10. The summed E-state index contributed by atoms with van der Waals surface area (Å²) in [6.07, 6.45) is 2.43. The Bertz CT molecular complexity index is 579.